The van der Waals surface area contributed by atoms with Crippen molar-refractivity contribution in [2.24, 2.45) is 0 Å². The standard InChI is InChI=1S/C39H65O13P/c1-3-5-7-9-11-13-15-16-18-20-22-24-26-28-33(41)51-31(29-49-32(40)27-25-23-21-19-17-14-12-10-8-6-4-2)30-50-53(47,48)52-39-37(45)35(43)34(42)36(44)38(39)46/h5,7,9-15,17,31,34-39,42-46H,3-4,6,8,16,18-30H2,1-2H3,(H,47,48)/b7-5+,11-9+,12-10+,15-13+,17-14+/t31?,34?,35-,36?,37?,38?,39?/m1/s1. The zero-order chi connectivity index (χ0) is 39.3. The van der Waals surface area contributed by atoms with Crippen LogP contribution in [-0.2, 0) is 32.7 Å². The molecule has 0 spiro atoms. The first-order valence-corrected chi connectivity index (χ1v) is 20.6. The fourth-order valence-electron chi connectivity index (χ4n) is 5.26. The quantitative estimate of drug-likeness (QED) is 0.0229. The Kier molecular flexibility index (Phi) is 27.4. The summed E-state index contributed by atoms with van der Waals surface area (Å²) in [5, 5.41) is 49.9. The molecular weight excluding hydrogens is 707 g/mol. The molecule has 0 aromatic heterocycles. The average Bonchev–Trinajstić information content (AvgIpc) is 3.13. The second kappa shape index (κ2) is 29.9. The van der Waals surface area contributed by atoms with E-state index in [1.54, 1.807) is 0 Å². The van der Waals surface area contributed by atoms with E-state index in [9.17, 15) is 44.6 Å². The van der Waals surface area contributed by atoms with Crippen molar-refractivity contribution in [2.75, 3.05) is 13.2 Å². The Morgan fingerprint density at radius 1 is 0.604 bits per heavy atom. The van der Waals surface area contributed by atoms with Gasteiger partial charge < -0.3 is 39.9 Å². The first kappa shape index (κ1) is 48.6. The molecule has 7 unspecified atom stereocenters. The van der Waals surface area contributed by atoms with Gasteiger partial charge >= 0.3 is 19.8 Å². The van der Waals surface area contributed by atoms with Crippen molar-refractivity contribution in [1.29, 1.82) is 0 Å². The van der Waals surface area contributed by atoms with Gasteiger partial charge in [0.15, 0.2) is 6.10 Å². The van der Waals surface area contributed by atoms with Gasteiger partial charge in [-0.25, -0.2) is 4.57 Å². The van der Waals surface area contributed by atoms with Crippen molar-refractivity contribution in [2.45, 2.75) is 159 Å². The van der Waals surface area contributed by atoms with Gasteiger partial charge in [-0.3, -0.25) is 18.6 Å². The molecule has 0 aliphatic heterocycles. The second-order valence-corrected chi connectivity index (χ2v) is 14.5. The molecular formula is C39H65O13P. The van der Waals surface area contributed by atoms with Crippen LogP contribution in [0.5, 0.6) is 0 Å². The number of rotatable bonds is 29. The van der Waals surface area contributed by atoms with Crippen molar-refractivity contribution in [1.82, 2.24) is 0 Å². The molecule has 0 bridgehead atoms. The molecule has 8 atom stereocenters. The Morgan fingerprint density at radius 3 is 1.66 bits per heavy atom. The van der Waals surface area contributed by atoms with E-state index in [2.05, 4.69) is 38.2 Å². The summed E-state index contributed by atoms with van der Waals surface area (Å²) in [6, 6.07) is 0. The van der Waals surface area contributed by atoms with E-state index in [-0.39, 0.29) is 12.8 Å². The Morgan fingerprint density at radius 2 is 1.08 bits per heavy atom. The summed E-state index contributed by atoms with van der Waals surface area (Å²) in [7, 11) is -5.12. The second-order valence-electron chi connectivity index (χ2n) is 13.1. The minimum atomic E-state index is -5.12. The van der Waals surface area contributed by atoms with Crippen molar-refractivity contribution in [3.63, 3.8) is 0 Å². The SMILES string of the molecule is CC/C=C/C=C/C=C/CCCCCCCC(=O)OC(COC(=O)CCCCC/C=C/C=C/CCCC)COP(=O)(O)OC1C(O)C(O)C(O)[C@@H](O)C1O. The molecule has 0 saturated heterocycles. The number of hydrogen-bond donors (Lipinski definition) is 6. The Balaban J connectivity index is 2.59. The van der Waals surface area contributed by atoms with Crippen LogP contribution in [0, 0.1) is 0 Å². The van der Waals surface area contributed by atoms with Crippen LogP contribution in [-0.4, -0.2) is 98.3 Å². The zero-order valence-electron chi connectivity index (χ0n) is 31.5. The molecule has 0 heterocycles. The number of esters is 2. The molecule has 0 amide bonds. The lowest BCUT2D eigenvalue weighted by Crippen LogP contribution is -2.64. The Labute approximate surface area is 315 Å². The number of hydrogen-bond acceptors (Lipinski definition) is 12. The van der Waals surface area contributed by atoms with Gasteiger partial charge in [0, 0.05) is 12.8 Å². The first-order chi connectivity index (χ1) is 25.4. The Bertz CT molecular complexity index is 1170. The number of phosphoric ester groups is 1. The minimum absolute atomic E-state index is 0.0647. The fourth-order valence-corrected chi connectivity index (χ4v) is 6.23. The highest BCUT2D eigenvalue weighted by Crippen LogP contribution is 2.47. The molecule has 0 aromatic rings. The van der Waals surface area contributed by atoms with Crippen LogP contribution < -0.4 is 0 Å². The molecule has 1 rings (SSSR count). The van der Waals surface area contributed by atoms with Crippen molar-refractivity contribution >= 4 is 19.8 Å². The van der Waals surface area contributed by atoms with Gasteiger partial charge in [-0.05, 0) is 51.4 Å². The summed E-state index contributed by atoms with van der Waals surface area (Å²) in [5.74, 6) is -1.17. The first-order valence-electron chi connectivity index (χ1n) is 19.1. The van der Waals surface area contributed by atoms with Crippen LogP contribution >= 0.6 is 7.82 Å². The largest absolute Gasteiger partial charge is 0.472 e. The smallest absolute Gasteiger partial charge is 0.462 e. The van der Waals surface area contributed by atoms with Crippen LogP contribution in [0.3, 0.4) is 0 Å². The molecule has 1 aliphatic carbocycles. The summed E-state index contributed by atoms with van der Waals surface area (Å²) >= 11 is 0. The molecule has 14 heteroatoms. The minimum Gasteiger partial charge on any atom is -0.462 e. The van der Waals surface area contributed by atoms with Gasteiger partial charge in [-0.1, -0.05) is 113 Å². The molecule has 1 fully saturated rings. The van der Waals surface area contributed by atoms with E-state index in [4.69, 9.17) is 18.5 Å². The predicted molar refractivity (Wildman–Crippen MR) is 202 cm³/mol. The van der Waals surface area contributed by atoms with E-state index in [1.807, 2.05) is 36.5 Å². The summed E-state index contributed by atoms with van der Waals surface area (Å²) in [6.45, 7) is 3.02. The zero-order valence-corrected chi connectivity index (χ0v) is 32.4. The highest BCUT2D eigenvalue weighted by molar-refractivity contribution is 7.47. The maximum absolute atomic E-state index is 12.7. The maximum atomic E-state index is 12.7. The third-order valence-electron chi connectivity index (χ3n) is 8.43. The van der Waals surface area contributed by atoms with Gasteiger partial charge in [-0.2, -0.15) is 0 Å². The maximum Gasteiger partial charge on any atom is 0.472 e. The summed E-state index contributed by atoms with van der Waals surface area (Å²) in [6.07, 6.45) is 20.2. The number of carbonyl (C=O) groups is 2. The van der Waals surface area contributed by atoms with Gasteiger partial charge in [0.25, 0.3) is 0 Å². The van der Waals surface area contributed by atoms with Gasteiger partial charge in [0.05, 0.1) is 6.61 Å². The predicted octanol–water partition coefficient (Wildman–Crippen LogP) is 5.82. The number of aliphatic hydroxyl groups is 5. The van der Waals surface area contributed by atoms with Crippen LogP contribution in [0.2, 0.25) is 0 Å². The topological polar surface area (TPSA) is 210 Å². The average molecular weight is 773 g/mol. The molecule has 6 N–H and O–H groups in total. The highest BCUT2D eigenvalue weighted by Gasteiger charge is 2.51. The molecule has 0 radical (unpaired) electrons. The normalized spacial score (nSPS) is 24.2. The number of ether oxygens (including phenoxy) is 2. The van der Waals surface area contributed by atoms with Crippen LogP contribution in [0.4, 0.5) is 0 Å². The van der Waals surface area contributed by atoms with Gasteiger partial charge in [-0.15, -0.1) is 0 Å². The summed E-state index contributed by atoms with van der Waals surface area (Å²) < 4.78 is 33.2. The Hall–Kier alpha value is -2.45. The third kappa shape index (κ3) is 23.2. The highest BCUT2D eigenvalue weighted by atomic mass is 31.2. The van der Waals surface area contributed by atoms with Crippen molar-refractivity contribution in [3.8, 4) is 0 Å². The summed E-state index contributed by atoms with van der Waals surface area (Å²) in [4.78, 5) is 35.4. The van der Waals surface area contributed by atoms with E-state index in [0.29, 0.717) is 12.8 Å². The number of allylic oxidation sites excluding steroid dienone is 10. The lowest BCUT2D eigenvalue weighted by atomic mass is 9.85. The van der Waals surface area contributed by atoms with E-state index in [0.717, 1.165) is 70.6 Å². The number of phosphoric acid groups is 1. The van der Waals surface area contributed by atoms with Gasteiger partial charge in [0.2, 0.25) is 0 Å². The summed E-state index contributed by atoms with van der Waals surface area (Å²) in [5.41, 5.74) is 0. The van der Waals surface area contributed by atoms with Crippen molar-refractivity contribution in [3.05, 3.63) is 60.8 Å². The number of unbranched alkanes of at least 4 members (excludes halogenated alkanes) is 10. The molecule has 53 heavy (non-hydrogen) atoms. The van der Waals surface area contributed by atoms with Crippen LogP contribution in [0.1, 0.15) is 117 Å². The lowest BCUT2D eigenvalue weighted by Gasteiger charge is -2.41. The molecule has 1 saturated carbocycles. The fraction of sp³-hybridized carbons (Fsp3) is 0.692. The molecule has 304 valence electrons. The number of carbonyl (C=O) groups excluding carboxylic acids is 2. The lowest BCUT2D eigenvalue weighted by molar-refractivity contribution is -0.220. The molecule has 0 aromatic carbocycles. The van der Waals surface area contributed by atoms with E-state index >= 15 is 0 Å². The molecule has 1 aliphatic rings. The van der Waals surface area contributed by atoms with E-state index in [1.165, 1.54) is 6.42 Å². The monoisotopic (exact) mass is 772 g/mol. The van der Waals surface area contributed by atoms with Crippen LogP contribution in [0.15, 0.2) is 60.8 Å². The van der Waals surface area contributed by atoms with Gasteiger partial charge in [0.1, 0.15) is 43.2 Å². The van der Waals surface area contributed by atoms with E-state index < -0.39 is 75.7 Å². The van der Waals surface area contributed by atoms with Crippen LogP contribution in [0.25, 0.3) is 0 Å². The number of aliphatic hydroxyl groups excluding tert-OH is 5. The van der Waals surface area contributed by atoms with Crippen molar-refractivity contribution < 1.29 is 63.1 Å². The molecule has 13 nitrogen and oxygen atoms in total. The third-order valence-corrected chi connectivity index (χ3v) is 9.42.